The summed E-state index contributed by atoms with van der Waals surface area (Å²) in [4.78, 5) is 13.2. The third-order valence-corrected chi connectivity index (χ3v) is 2.84. The number of hydrogen-bond acceptors (Lipinski definition) is 4. The minimum atomic E-state index is -0.422. The summed E-state index contributed by atoms with van der Waals surface area (Å²) in [7, 11) is 3.30. The third-order valence-electron chi connectivity index (χ3n) is 2.84. The monoisotopic (exact) mass is 234 g/mol. The molecule has 0 aromatic carbocycles. The van der Waals surface area contributed by atoms with Gasteiger partial charge in [0.1, 0.15) is 0 Å². The second-order valence-electron chi connectivity index (χ2n) is 3.60. The Kier molecular flexibility index (Phi) is 3.42. The summed E-state index contributed by atoms with van der Waals surface area (Å²) in [5, 5.41) is 9.61. The molecule has 2 rings (SSSR count). The van der Waals surface area contributed by atoms with Crippen LogP contribution in [0, 0.1) is 0 Å². The fraction of sp³-hybridized carbons (Fsp3) is 0.667. The van der Waals surface area contributed by atoms with Crippen molar-refractivity contribution in [2.45, 2.75) is 24.6 Å². The van der Waals surface area contributed by atoms with Gasteiger partial charge in [0.2, 0.25) is 0 Å². The summed E-state index contributed by atoms with van der Waals surface area (Å²) in [5.41, 5.74) is 0.598. The molecule has 2 aliphatic rings. The molecule has 1 saturated heterocycles. The maximum absolute atomic E-state index is 11.2. The van der Waals surface area contributed by atoms with Gasteiger partial charge in [-0.2, -0.15) is 0 Å². The maximum atomic E-state index is 11.2. The van der Waals surface area contributed by atoms with Crippen molar-refractivity contribution in [2.75, 3.05) is 14.2 Å². The van der Waals surface area contributed by atoms with Crippen molar-refractivity contribution in [1.82, 2.24) is 4.90 Å². The number of hydrogen-bond donors (Lipinski definition) is 1. The minimum Gasteiger partial charge on any atom is -0.466 e. The van der Waals surface area contributed by atoms with Crippen LogP contribution >= 0.6 is 0 Å². The Bertz CT molecular complexity index is 279. The molecule has 14 heavy (non-hydrogen) atoms. The largest absolute Gasteiger partial charge is 0.466 e. The number of esters is 1. The van der Waals surface area contributed by atoms with Crippen molar-refractivity contribution < 1.29 is 33.2 Å². The van der Waals surface area contributed by atoms with Gasteiger partial charge >= 0.3 is 5.97 Å². The molecule has 0 aromatic rings. The molecular formula is C9H13NO3V. The Hall–Kier alpha value is -0.286. The Labute approximate surface area is 94.8 Å². The molecule has 0 spiro atoms. The van der Waals surface area contributed by atoms with Crippen LogP contribution in [0.1, 0.15) is 6.42 Å². The van der Waals surface area contributed by atoms with Crippen LogP contribution in [0.5, 0.6) is 0 Å². The van der Waals surface area contributed by atoms with Gasteiger partial charge in [-0.1, -0.05) is 6.08 Å². The van der Waals surface area contributed by atoms with E-state index < -0.39 is 6.10 Å². The Morgan fingerprint density at radius 2 is 2.36 bits per heavy atom. The van der Waals surface area contributed by atoms with Crippen molar-refractivity contribution >= 4 is 5.97 Å². The standard InChI is InChI=1S/C9H13NO3.V/c1-10-6-3-5(9(12)13-2)4-7(11)8(6)10;/h3,6-8,11H,4H2,1-2H3;. The maximum Gasteiger partial charge on any atom is 0.333 e. The van der Waals surface area contributed by atoms with Gasteiger partial charge < -0.3 is 9.84 Å². The molecule has 77 valence electrons. The van der Waals surface area contributed by atoms with E-state index >= 15 is 0 Å². The van der Waals surface area contributed by atoms with Crippen molar-refractivity contribution in [3.63, 3.8) is 0 Å². The average Bonchev–Trinajstić information content (AvgIpc) is 2.76. The summed E-state index contributed by atoms with van der Waals surface area (Å²) >= 11 is 0. The number of aliphatic hydroxyl groups excluding tert-OH is 1. The summed E-state index contributed by atoms with van der Waals surface area (Å²) in [6.45, 7) is 0. The number of nitrogens with zero attached hydrogens (tertiary/aromatic N) is 1. The van der Waals surface area contributed by atoms with Crippen molar-refractivity contribution in [3.05, 3.63) is 11.6 Å². The van der Waals surface area contributed by atoms with Gasteiger partial charge in [0.25, 0.3) is 0 Å². The van der Waals surface area contributed by atoms with E-state index in [1.165, 1.54) is 7.11 Å². The van der Waals surface area contributed by atoms with Crippen molar-refractivity contribution in [3.8, 4) is 0 Å². The van der Waals surface area contributed by atoms with E-state index in [9.17, 15) is 9.90 Å². The van der Waals surface area contributed by atoms with E-state index in [0.29, 0.717) is 12.0 Å². The topological polar surface area (TPSA) is 49.5 Å². The predicted octanol–water partition coefficient (Wildman–Crippen LogP) is -0.470. The van der Waals surface area contributed by atoms with Crippen LogP contribution in [-0.4, -0.2) is 48.3 Å². The number of carbonyl (C=O) groups excluding carboxylic acids is 1. The summed E-state index contributed by atoms with van der Waals surface area (Å²) in [6, 6.07) is 0.450. The number of rotatable bonds is 1. The number of aliphatic hydroxyl groups is 1. The fourth-order valence-corrected chi connectivity index (χ4v) is 2.01. The zero-order valence-electron chi connectivity index (χ0n) is 8.17. The first-order valence-corrected chi connectivity index (χ1v) is 4.34. The first kappa shape index (κ1) is 11.8. The van der Waals surface area contributed by atoms with Crippen LogP contribution in [0.2, 0.25) is 0 Å². The Morgan fingerprint density at radius 3 is 2.86 bits per heavy atom. The Balaban J connectivity index is 0.000000980. The SMILES string of the molecule is COC(=O)C1=CC2C(C(O)C1)N2C.[V]. The molecule has 0 amide bonds. The summed E-state index contributed by atoms with van der Waals surface area (Å²) in [5.74, 6) is -0.321. The van der Waals surface area contributed by atoms with Gasteiger partial charge in [-0.3, -0.25) is 4.90 Å². The summed E-state index contributed by atoms with van der Waals surface area (Å²) < 4.78 is 4.60. The molecule has 0 bridgehead atoms. The first-order valence-electron chi connectivity index (χ1n) is 4.34. The first-order chi connectivity index (χ1) is 6.15. The van der Waals surface area contributed by atoms with Gasteiger partial charge in [-0.25, -0.2) is 4.79 Å². The quantitative estimate of drug-likeness (QED) is 0.492. The fourth-order valence-electron chi connectivity index (χ4n) is 2.01. The third kappa shape index (κ3) is 1.75. The molecular weight excluding hydrogens is 221 g/mol. The smallest absolute Gasteiger partial charge is 0.333 e. The number of ether oxygens (including phenoxy) is 1. The zero-order valence-corrected chi connectivity index (χ0v) is 9.57. The van der Waals surface area contributed by atoms with Gasteiger partial charge in [0.15, 0.2) is 0 Å². The van der Waals surface area contributed by atoms with Gasteiger partial charge in [-0.05, 0) is 7.05 Å². The van der Waals surface area contributed by atoms with Crippen LogP contribution in [0.25, 0.3) is 0 Å². The predicted molar refractivity (Wildman–Crippen MR) is 46.1 cm³/mol. The van der Waals surface area contributed by atoms with Crippen LogP contribution in [0.3, 0.4) is 0 Å². The molecule has 1 radical (unpaired) electrons. The van der Waals surface area contributed by atoms with Crippen molar-refractivity contribution in [1.29, 1.82) is 0 Å². The molecule has 1 N–H and O–H groups in total. The van der Waals surface area contributed by atoms with Crippen LogP contribution < -0.4 is 0 Å². The van der Waals surface area contributed by atoms with Crippen LogP contribution in [-0.2, 0) is 28.1 Å². The van der Waals surface area contributed by atoms with Gasteiger partial charge in [0.05, 0.1) is 19.3 Å². The van der Waals surface area contributed by atoms with Gasteiger partial charge in [-0.15, -0.1) is 0 Å². The molecule has 4 unspecified atom stereocenters. The van der Waals surface area contributed by atoms with E-state index in [1.807, 2.05) is 18.0 Å². The minimum absolute atomic E-state index is 0. The average molecular weight is 234 g/mol. The molecule has 4 nitrogen and oxygen atoms in total. The molecule has 0 aromatic heterocycles. The molecule has 1 aliphatic heterocycles. The van der Waals surface area contributed by atoms with Crippen LogP contribution in [0.15, 0.2) is 11.6 Å². The molecule has 1 aliphatic carbocycles. The van der Waals surface area contributed by atoms with E-state index in [1.54, 1.807) is 0 Å². The van der Waals surface area contributed by atoms with E-state index in [2.05, 4.69) is 4.74 Å². The second kappa shape index (κ2) is 4.07. The van der Waals surface area contributed by atoms with E-state index in [4.69, 9.17) is 0 Å². The van der Waals surface area contributed by atoms with E-state index in [-0.39, 0.29) is 36.6 Å². The molecule has 1 fully saturated rings. The molecule has 5 heteroatoms. The number of methoxy groups -OCH3 is 1. The summed E-state index contributed by atoms with van der Waals surface area (Å²) in [6.07, 6.45) is 1.88. The molecule has 4 atom stereocenters. The number of likely N-dealkylation sites (N-methyl/N-ethyl adjacent to an activating group) is 1. The number of carbonyl (C=O) groups is 1. The molecule has 0 saturated carbocycles. The zero-order chi connectivity index (χ0) is 9.59. The number of fused-ring (bicyclic) bond motifs is 1. The van der Waals surface area contributed by atoms with E-state index in [0.717, 1.165) is 0 Å². The molecule has 1 heterocycles. The van der Waals surface area contributed by atoms with Gasteiger partial charge in [0, 0.05) is 36.6 Å². The Morgan fingerprint density at radius 1 is 1.71 bits per heavy atom. The van der Waals surface area contributed by atoms with Crippen LogP contribution in [0.4, 0.5) is 0 Å². The van der Waals surface area contributed by atoms with Crippen molar-refractivity contribution in [2.24, 2.45) is 0 Å². The second-order valence-corrected chi connectivity index (χ2v) is 3.60. The normalized spacial score (nSPS) is 38.9.